The van der Waals surface area contributed by atoms with Crippen molar-refractivity contribution in [2.24, 2.45) is 5.92 Å². The highest BCUT2D eigenvalue weighted by Gasteiger charge is 2.34. The molecule has 4 rings (SSSR count). The third-order valence-corrected chi connectivity index (χ3v) is 4.80. The van der Waals surface area contributed by atoms with Crippen LogP contribution in [0.5, 0.6) is 0 Å². The molecule has 0 bridgehead atoms. The molecule has 6 heteroatoms. The average molecular weight is 338 g/mol. The van der Waals surface area contributed by atoms with E-state index >= 15 is 0 Å². The Kier molecular flexibility index (Phi) is 3.82. The lowest BCUT2D eigenvalue weighted by molar-refractivity contribution is 0.0737. The monoisotopic (exact) mass is 338 g/mol. The minimum atomic E-state index is -0.196. The van der Waals surface area contributed by atoms with E-state index in [1.165, 1.54) is 0 Å². The van der Waals surface area contributed by atoms with Crippen LogP contribution in [-0.4, -0.2) is 38.0 Å². The van der Waals surface area contributed by atoms with E-state index in [0.29, 0.717) is 34.1 Å². The first-order valence-electron chi connectivity index (χ1n) is 8.86. The van der Waals surface area contributed by atoms with E-state index in [1.807, 2.05) is 23.1 Å². The third kappa shape index (κ3) is 2.81. The van der Waals surface area contributed by atoms with Crippen LogP contribution in [-0.2, 0) is 0 Å². The van der Waals surface area contributed by atoms with Gasteiger partial charge in [0.2, 0.25) is 0 Å². The van der Waals surface area contributed by atoms with Crippen molar-refractivity contribution in [2.75, 3.05) is 6.54 Å². The van der Waals surface area contributed by atoms with Gasteiger partial charge in [-0.05, 0) is 37.3 Å². The Bertz CT molecular complexity index is 997. The Balaban J connectivity index is 1.78. The Morgan fingerprint density at radius 2 is 2.12 bits per heavy atom. The van der Waals surface area contributed by atoms with Crippen LogP contribution >= 0.6 is 0 Å². The van der Waals surface area contributed by atoms with Crippen molar-refractivity contribution in [1.29, 1.82) is 0 Å². The fourth-order valence-electron chi connectivity index (χ4n) is 3.22. The summed E-state index contributed by atoms with van der Waals surface area (Å²) in [5.41, 5.74) is 1.46. The highest BCUT2D eigenvalue weighted by molar-refractivity contribution is 6.01. The maximum absolute atomic E-state index is 13.1. The van der Waals surface area contributed by atoms with Crippen LogP contribution in [0.2, 0.25) is 0 Å². The van der Waals surface area contributed by atoms with Crippen molar-refractivity contribution in [3.63, 3.8) is 0 Å². The lowest BCUT2D eigenvalue weighted by atomic mass is 10.1. The van der Waals surface area contributed by atoms with Crippen LogP contribution < -0.4 is 5.56 Å². The summed E-state index contributed by atoms with van der Waals surface area (Å²) in [6.45, 7) is 5.07. The number of hydrogen-bond donors (Lipinski definition) is 1. The van der Waals surface area contributed by atoms with E-state index in [4.69, 9.17) is 0 Å². The number of nitrogens with one attached hydrogen (secondary N) is 1. The molecule has 25 heavy (non-hydrogen) atoms. The van der Waals surface area contributed by atoms with Gasteiger partial charge >= 0.3 is 0 Å². The number of rotatable bonds is 5. The van der Waals surface area contributed by atoms with Gasteiger partial charge in [-0.2, -0.15) is 5.10 Å². The van der Waals surface area contributed by atoms with Crippen LogP contribution in [0.25, 0.3) is 16.6 Å². The van der Waals surface area contributed by atoms with Crippen LogP contribution in [0.1, 0.15) is 43.5 Å². The summed E-state index contributed by atoms with van der Waals surface area (Å²) < 4.78 is 1.65. The van der Waals surface area contributed by atoms with Gasteiger partial charge in [0.15, 0.2) is 0 Å². The Labute approximate surface area is 145 Å². The second kappa shape index (κ2) is 6.02. The maximum atomic E-state index is 13.1. The number of aromatic amines is 1. The molecule has 1 fully saturated rings. The predicted molar refractivity (Wildman–Crippen MR) is 96.8 cm³/mol. The summed E-state index contributed by atoms with van der Waals surface area (Å²) in [6, 6.07) is 7.61. The smallest absolute Gasteiger partial charge is 0.259 e. The van der Waals surface area contributed by atoms with Gasteiger partial charge in [0.05, 0.1) is 17.1 Å². The van der Waals surface area contributed by atoms with Gasteiger partial charge in [0.25, 0.3) is 11.5 Å². The van der Waals surface area contributed by atoms with Crippen molar-refractivity contribution in [3.05, 3.63) is 46.4 Å². The first-order valence-corrected chi connectivity index (χ1v) is 8.86. The topological polar surface area (TPSA) is 70.5 Å². The highest BCUT2D eigenvalue weighted by Crippen LogP contribution is 2.29. The van der Waals surface area contributed by atoms with Crippen LogP contribution in [0.3, 0.4) is 0 Å². The molecule has 0 saturated heterocycles. The van der Waals surface area contributed by atoms with Gasteiger partial charge in [-0.25, -0.2) is 4.52 Å². The van der Waals surface area contributed by atoms with Gasteiger partial charge in [-0.15, -0.1) is 0 Å². The molecule has 3 aromatic rings. The molecule has 0 atom stereocenters. The summed E-state index contributed by atoms with van der Waals surface area (Å²) in [5.74, 6) is 0.505. The van der Waals surface area contributed by atoms with Gasteiger partial charge < -0.3 is 9.88 Å². The van der Waals surface area contributed by atoms with E-state index < -0.39 is 0 Å². The summed E-state index contributed by atoms with van der Waals surface area (Å²) >= 11 is 0. The molecule has 1 amide bonds. The molecule has 0 spiro atoms. The molecule has 2 heterocycles. The summed E-state index contributed by atoms with van der Waals surface area (Å²) in [7, 11) is 0. The average Bonchev–Trinajstić information content (AvgIpc) is 3.34. The number of nitrogens with zero attached hydrogens (tertiary/aromatic N) is 3. The lowest BCUT2D eigenvalue weighted by Crippen LogP contribution is -2.34. The molecule has 1 N–H and O–H groups in total. The number of carbonyl (C=O) groups is 1. The number of H-pyrrole nitrogens is 1. The molecular weight excluding hydrogens is 316 g/mol. The number of hydrogen-bond acceptors (Lipinski definition) is 3. The van der Waals surface area contributed by atoms with Crippen molar-refractivity contribution in [2.45, 2.75) is 39.2 Å². The van der Waals surface area contributed by atoms with Gasteiger partial charge in [0, 0.05) is 12.6 Å². The fraction of sp³-hybridized carbons (Fsp3) is 0.421. The Morgan fingerprint density at radius 3 is 2.84 bits per heavy atom. The Morgan fingerprint density at radius 1 is 1.36 bits per heavy atom. The van der Waals surface area contributed by atoms with Crippen LogP contribution in [0.4, 0.5) is 0 Å². The first kappa shape index (κ1) is 15.9. The first-order chi connectivity index (χ1) is 12.1. The minimum absolute atomic E-state index is 0.0379. The van der Waals surface area contributed by atoms with Crippen LogP contribution in [0.15, 0.2) is 35.3 Å². The van der Waals surface area contributed by atoms with E-state index in [9.17, 15) is 9.59 Å². The van der Waals surface area contributed by atoms with Crippen molar-refractivity contribution < 1.29 is 4.79 Å². The molecule has 1 aliphatic carbocycles. The number of aromatic nitrogens is 3. The van der Waals surface area contributed by atoms with E-state index in [2.05, 4.69) is 23.9 Å². The second-order valence-electron chi connectivity index (χ2n) is 7.20. The second-order valence-corrected chi connectivity index (χ2v) is 7.20. The molecule has 0 unspecified atom stereocenters. The summed E-state index contributed by atoms with van der Waals surface area (Å²) in [6.07, 6.45) is 4.66. The lowest BCUT2D eigenvalue weighted by Gasteiger charge is -2.23. The van der Waals surface area contributed by atoms with Crippen LogP contribution in [0, 0.1) is 5.92 Å². The molecule has 1 saturated carbocycles. The van der Waals surface area contributed by atoms with Gasteiger partial charge in [-0.1, -0.05) is 26.0 Å². The van der Waals surface area contributed by atoms with Gasteiger partial charge in [0.1, 0.15) is 11.2 Å². The molecule has 2 aromatic heterocycles. The number of para-hydroxylation sites is 1. The van der Waals surface area contributed by atoms with E-state index in [1.54, 1.807) is 16.8 Å². The summed E-state index contributed by atoms with van der Waals surface area (Å²) in [4.78, 5) is 30.3. The molecule has 0 aliphatic heterocycles. The minimum Gasteiger partial charge on any atom is -0.335 e. The molecule has 130 valence electrons. The number of benzene rings is 1. The highest BCUT2D eigenvalue weighted by atomic mass is 16.2. The maximum Gasteiger partial charge on any atom is 0.259 e. The predicted octanol–water partition coefficient (Wildman–Crippen LogP) is 2.83. The van der Waals surface area contributed by atoms with E-state index in [0.717, 1.165) is 25.8 Å². The number of carbonyl (C=O) groups excluding carboxylic acids is 1. The normalized spacial score (nSPS) is 14.5. The van der Waals surface area contributed by atoms with Crippen molar-refractivity contribution in [3.8, 4) is 0 Å². The zero-order valence-electron chi connectivity index (χ0n) is 14.5. The third-order valence-electron chi connectivity index (χ3n) is 4.80. The SMILES string of the molecule is CC(C)CCN(C(=O)c1cnn2c1[nH]c(=O)c1ccccc12)C1CC1. The quantitative estimate of drug-likeness (QED) is 0.777. The van der Waals surface area contributed by atoms with Crippen molar-refractivity contribution in [1.82, 2.24) is 19.5 Å². The zero-order chi connectivity index (χ0) is 17.6. The fourth-order valence-corrected chi connectivity index (χ4v) is 3.22. The number of fused-ring (bicyclic) bond motifs is 3. The van der Waals surface area contributed by atoms with Gasteiger partial charge in [-0.3, -0.25) is 9.59 Å². The Hall–Kier alpha value is -2.63. The molecular formula is C19H22N4O2. The summed E-state index contributed by atoms with van der Waals surface area (Å²) in [5, 5.41) is 4.93. The molecule has 1 aliphatic rings. The van der Waals surface area contributed by atoms with Crippen molar-refractivity contribution >= 4 is 22.5 Å². The number of amides is 1. The molecule has 1 aromatic carbocycles. The molecule has 0 radical (unpaired) electrons. The largest absolute Gasteiger partial charge is 0.335 e. The van der Waals surface area contributed by atoms with E-state index in [-0.39, 0.29) is 11.5 Å². The standard InChI is InChI=1S/C19H22N4O2/c1-12(2)9-10-22(13-7-8-13)19(25)15-11-20-23-16-6-4-3-5-14(16)18(24)21-17(15)23/h3-6,11-13H,7-10H2,1-2H3,(H,21,24). The molecule has 6 nitrogen and oxygen atoms in total. The zero-order valence-corrected chi connectivity index (χ0v) is 14.5.